The molecule has 7 rings (SSSR count). The number of hydrogen-bond donors (Lipinski definition) is 0. The molecule has 3 aromatic carbocycles. The minimum atomic E-state index is -0.144. The Bertz CT molecular complexity index is 1990. The van der Waals surface area contributed by atoms with E-state index in [0.29, 0.717) is 34.3 Å². The molecule has 0 saturated carbocycles. The number of fused-ring (bicyclic) bond motifs is 3. The van der Waals surface area contributed by atoms with Gasteiger partial charge in [0.1, 0.15) is 6.61 Å². The summed E-state index contributed by atoms with van der Waals surface area (Å²) in [6, 6.07) is 25.9. The standard InChI is InChI=1S/C34H27ClN2O3S2/c1-2-39-28-18-22(11-16-27(28)40-20-21-9-13-24(35)14-10-21)19-30-33(38)37-32(29-8-5-17-41-29)26-15-12-23-6-3-4-7-25(23)31(26)36-34(37)42-30/h3-11,13-14,16-19,32H,2,12,15,20H2,1H3/b30-19+/t32-/m1/s1. The number of benzene rings is 3. The van der Waals surface area contributed by atoms with Crippen LogP contribution in [-0.2, 0) is 13.0 Å². The number of allylic oxidation sites excluding steroid dienone is 1. The summed E-state index contributed by atoms with van der Waals surface area (Å²) < 4.78 is 14.5. The van der Waals surface area contributed by atoms with E-state index in [2.05, 4.69) is 41.8 Å². The summed E-state index contributed by atoms with van der Waals surface area (Å²) in [5, 5.41) is 2.77. The third kappa shape index (κ3) is 5.02. The Morgan fingerprint density at radius 3 is 2.67 bits per heavy atom. The second-order valence-electron chi connectivity index (χ2n) is 10.2. The van der Waals surface area contributed by atoms with Crippen molar-refractivity contribution in [3.05, 3.63) is 142 Å². The van der Waals surface area contributed by atoms with Crippen LogP contribution in [0.25, 0.3) is 11.8 Å². The fourth-order valence-electron chi connectivity index (χ4n) is 5.61. The highest BCUT2D eigenvalue weighted by atomic mass is 35.5. The maximum atomic E-state index is 14.0. The normalized spacial score (nSPS) is 16.0. The molecule has 1 aliphatic heterocycles. The number of hydrogen-bond acceptors (Lipinski definition) is 6. The number of nitrogens with zero attached hydrogens (tertiary/aromatic N) is 2. The summed E-state index contributed by atoms with van der Waals surface area (Å²) in [7, 11) is 0. The molecule has 0 amide bonds. The average molecular weight is 611 g/mol. The van der Waals surface area contributed by atoms with Gasteiger partial charge in [-0.2, -0.15) is 0 Å². The molecule has 0 saturated heterocycles. The first-order chi connectivity index (χ1) is 20.6. The second kappa shape index (κ2) is 11.4. The van der Waals surface area contributed by atoms with Crippen molar-refractivity contribution >= 4 is 46.0 Å². The lowest BCUT2D eigenvalue weighted by atomic mass is 9.85. The van der Waals surface area contributed by atoms with Crippen molar-refractivity contribution in [2.24, 2.45) is 4.99 Å². The average Bonchev–Trinajstić information content (AvgIpc) is 3.65. The van der Waals surface area contributed by atoms with E-state index < -0.39 is 0 Å². The van der Waals surface area contributed by atoms with Gasteiger partial charge in [0, 0.05) is 15.5 Å². The van der Waals surface area contributed by atoms with E-state index in [0.717, 1.165) is 39.3 Å². The van der Waals surface area contributed by atoms with Crippen molar-refractivity contribution in [1.29, 1.82) is 0 Å². The van der Waals surface area contributed by atoms with Gasteiger partial charge in [-0.05, 0) is 83.8 Å². The predicted octanol–water partition coefficient (Wildman–Crippen LogP) is 7.01. The van der Waals surface area contributed by atoms with Crippen LogP contribution in [0.1, 0.15) is 46.5 Å². The first kappa shape index (κ1) is 27.0. The van der Waals surface area contributed by atoms with Crippen LogP contribution in [0.15, 0.2) is 99.6 Å². The molecule has 1 aliphatic carbocycles. The van der Waals surface area contributed by atoms with E-state index in [-0.39, 0.29) is 11.6 Å². The van der Waals surface area contributed by atoms with Crippen LogP contribution in [0.5, 0.6) is 11.5 Å². The lowest BCUT2D eigenvalue weighted by molar-refractivity contribution is 0.269. The monoisotopic (exact) mass is 610 g/mol. The number of thiophene rings is 1. The van der Waals surface area contributed by atoms with Crippen LogP contribution < -0.4 is 24.4 Å². The number of aromatic nitrogens is 1. The summed E-state index contributed by atoms with van der Waals surface area (Å²) >= 11 is 9.14. The van der Waals surface area contributed by atoms with Crippen molar-refractivity contribution < 1.29 is 9.47 Å². The van der Waals surface area contributed by atoms with Crippen molar-refractivity contribution in [3.8, 4) is 11.5 Å². The summed E-state index contributed by atoms with van der Waals surface area (Å²) in [5.41, 5.74) is 6.57. The molecule has 2 aromatic heterocycles. The van der Waals surface area contributed by atoms with E-state index in [1.807, 2.05) is 60.0 Å². The first-order valence-corrected chi connectivity index (χ1v) is 16.0. The van der Waals surface area contributed by atoms with Crippen LogP contribution in [0.2, 0.25) is 5.02 Å². The number of rotatable bonds is 7. The van der Waals surface area contributed by atoms with Gasteiger partial charge in [0.25, 0.3) is 5.56 Å². The molecular weight excluding hydrogens is 584 g/mol. The van der Waals surface area contributed by atoms with Crippen LogP contribution in [0, 0.1) is 0 Å². The third-order valence-corrected chi connectivity index (χ3v) is 9.72. The Hall–Kier alpha value is -3.91. The smallest absolute Gasteiger partial charge is 0.271 e. The quantitative estimate of drug-likeness (QED) is 0.199. The first-order valence-electron chi connectivity index (χ1n) is 13.9. The van der Waals surface area contributed by atoms with Gasteiger partial charge in [0.15, 0.2) is 16.3 Å². The fourth-order valence-corrected chi connectivity index (χ4v) is 7.59. The lowest BCUT2D eigenvalue weighted by Gasteiger charge is -2.30. The van der Waals surface area contributed by atoms with Crippen molar-refractivity contribution in [2.75, 3.05) is 6.61 Å². The Kier molecular flexibility index (Phi) is 7.32. The molecule has 42 heavy (non-hydrogen) atoms. The van der Waals surface area contributed by atoms with Gasteiger partial charge < -0.3 is 9.47 Å². The Morgan fingerprint density at radius 2 is 1.86 bits per heavy atom. The SMILES string of the molecule is CCOc1cc(/C=c2/sc3n(c2=O)[C@@H](c2cccs2)C2=C(N=3)c3ccccc3CC2)ccc1OCc1ccc(Cl)cc1. The van der Waals surface area contributed by atoms with Crippen LogP contribution >= 0.6 is 34.3 Å². The molecule has 1 atom stereocenters. The maximum Gasteiger partial charge on any atom is 0.271 e. The molecule has 5 aromatic rings. The molecule has 0 unspecified atom stereocenters. The van der Waals surface area contributed by atoms with E-state index in [1.165, 1.54) is 28.0 Å². The van der Waals surface area contributed by atoms with Gasteiger partial charge in [0.2, 0.25) is 0 Å². The van der Waals surface area contributed by atoms with Gasteiger partial charge in [-0.15, -0.1) is 11.3 Å². The molecule has 8 heteroatoms. The summed E-state index contributed by atoms with van der Waals surface area (Å²) in [6.07, 6.45) is 3.76. The molecular formula is C34H27ClN2O3S2. The Balaban J connectivity index is 1.29. The largest absolute Gasteiger partial charge is 0.490 e. The topological polar surface area (TPSA) is 52.8 Å². The third-order valence-electron chi connectivity index (χ3n) is 7.56. The van der Waals surface area contributed by atoms with Crippen LogP contribution in [0.3, 0.4) is 0 Å². The number of halogens is 1. The molecule has 0 bridgehead atoms. The van der Waals surface area contributed by atoms with E-state index in [4.69, 9.17) is 26.1 Å². The van der Waals surface area contributed by atoms with Crippen molar-refractivity contribution in [2.45, 2.75) is 32.4 Å². The molecule has 0 N–H and O–H groups in total. The number of thiazole rings is 1. The molecule has 210 valence electrons. The number of ether oxygens (including phenoxy) is 2. The van der Waals surface area contributed by atoms with Crippen LogP contribution in [-0.4, -0.2) is 11.2 Å². The zero-order chi connectivity index (χ0) is 28.6. The van der Waals surface area contributed by atoms with E-state index in [9.17, 15) is 4.79 Å². The lowest BCUT2D eigenvalue weighted by Crippen LogP contribution is -2.38. The Labute approximate surface area is 256 Å². The maximum absolute atomic E-state index is 14.0. The molecule has 0 spiro atoms. The minimum absolute atomic E-state index is 0.0245. The van der Waals surface area contributed by atoms with Gasteiger partial charge in [0.05, 0.1) is 22.9 Å². The van der Waals surface area contributed by atoms with Gasteiger partial charge in [-0.25, -0.2) is 4.99 Å². The number of aryl methyl sites for hydroxylation is 1. The second-order valence-corrected chi connectivity index (χ2v) is 12.6. The van der Waals surface area contributed by atoms with Crippen LogP contribution in [0.4, 0.5) is 0 Å². The molecule has 5 nitrogen and oxygen atoms in total. The molecule has 0 fully saturated rings. The predicted molar refractivity (Wildman–Crippen MR) is 170 cm³/mol. The van der Waals surface area contributed by atoms with E-state index >= 15 is 0 Å². The fraction of sp³-hybridized carbons (Fsp3) is 0.176. The van der Waals surface area contributed by atoms with Crippen molar-refractivity contribution in [3.63, 3.8) is 0 Å². The highest BCUT2D eigenvalue weighted by Crippen LogP contribution is 2.42. The van der Waals surface area contributed by atoms with E-state index in [1.54, 1.807) is 11.3 Å². The minimum Gasteiger partial charge on any atom is -0.490 e. The van der Waals surface area contributed by atoms with Crippen molar-refractivity contribution in [1.82, 2.24) is 4.57 Å². The summed E-state index contributed by atoms with van der Waals surface area (Å²) in [5.74, 6) is 1.28. The molecule has 2 aliphatic rings. The summed E-state index contributed by atoms with van der Waals surface area (Å²) in [6.45, 7) is 2.83. The zero-order valence-corrected chi connectivity index (χ0v) is 25.3. The van der Waals surface area contributed by atoms with Gasteiger partial charge in [-0.3, -0.25) is 9.36 Å². The van der Waals surface area contributed by atoms with Gasteiger partial charge >= 0.3 is 0 Å². The Morgan fingerprint density at radius 1 is 1.00 bits per heavy atom. The zero-order valence-electron chi connectivity index (χ0n) is 22.9. The molecule has 3 heterocycles. The highest BCUT2D eigenvalue weighted by molar-refractivity contribution is 7.10. The van der Waals surface area contributed by atoms with Gasteiger partial charge in [-0.1, -0.05) is 71.5 Å². The highest BCUT2D eigenvalue weighted by Gasteiger charge is 2.33. The summed E-state index contributed by atoms with van der Waals surface area (Å²) in [4.78, 5) is 21.0. The molecule has 0 radical (unpaired) electrons.